The predicted octanol–water partition coefficient (Wildman–Crippen LogP) is 3.88. The van der Waals surface area contributed by atoms with Gasteiger partial charge in [-0.3, -0.25) is 0 Å². The lowest BCUT2D eigenvalue weighted by Gasteiger charge is -2.13. The Morgan fingerprint density at radius 3 is 2.53 bits per heavy atom. The van der Waals surface area contributed by atoms with E-state index in [2.05, 4.69) is 9.72 Å². The van der Waals surface area contributed by atoms with Gasteiger partial charge in [0, 0.05) is 17.3 Å². The van der Waals surface area contributed by atoms with Gasteiger partial charge in [-0.1, -0.05) is 29.8 Å². The maximum Gasteiger partial charge on any atom is 0.573 e. The molecule has 1 heterocycles. The quantitative estimate of drug-likeness (QED) is 0.912. The Morgan fingerprint density at radius 2 is 1.89 bits per heavy atom. The van der Waals surface area contributed by atoms with Crippen molar-refractivity contribution in [3.05, 3.63) is 41.6 Å². The van der Waals surface area contributed by atoms with Crippen molar-refractivity contribution in [3.8, 4) is 16.9 Å². The second kappa shape index (κ2) is 4.97. The van der Waals surface area contributed by atoms with Gasteiger partial charge in [-0.2, -0.15) is 0 Å². The van der Waals surface area contributed by atoms with Crippen LogP contribution in [0.4, 0.5) is 19.0 Å². The molecule has 0 radical (unpaired) electrons. The molecule has 3 nitrogen and oxygen atoms in total. The minimum Gasteiger partial charge on any atom is -0.405 e. The number of para-hydroxylation sites is 1. The second-order valence-electron chi connectivity index (χ2n) is 3.64. The molecule has 2 rings (SSSR count). The van der Waals surface area contributed by atoms with Crippen LogP contribution in [0.1, 0.15) is 0 Å². The summed E-state index contributed by atoms with van der Waals surface area (Å²) >= 11 is 5.80. The lowest BCUT2D eigenvalue weighted by Crippen LogP contribution is -2.17. The first kappa shape index (κ1) is 13.5. The molecule has 2 aromatic rings. The highest BCUT2D eigenvalue weighted by Crippen LogP contribution is 2.34. The molecular weight excluding hydrogens is 281 g/mol. The maximum atomic E-state index is 12.3. The molecule has 0 amide bonds. The molecule has 2 N–H and O–H groups in total. The standard InChI is InChI=1S/C12H8ClF3N2O/c13-9-5-7(6-18-11(9)17)8-3-1-2-4-10(8)19-12(14,15)16/h1-6H,(H2,17,18). The van der Waals surface area contributed by atoms with Crippen LogP contribution >= 0.6 is 11.6 Å². The van der Waals surface area contributed by atoms with E-state index in [1.807, 2.05) is 0 Å². The Kier molecular flexibility index (Phi) is 3.53. The van der Waals surface area contributed by atoms with Crippen LogP contribution in [0.3, 0.4) is 0 Å². The van der Waals surface area contributed by atoms with E-state index in [-0.39, 0.29) is 22.2 Å². The first-order valence-electron chi connectivity index (χ1n) is 5.13. The summed E-state index contributed by atoms with van der Waals surface area (Å²) < 4.78 is 40.8. The number of nitrogen functional groups attached to an aromatic ring is 1. The fourth-order valence-corrected chi connectivity index (χ4v) is 1.68. The summed E-state index contributed by atoms with van der Waals surface area (Å²) in [5.41, 5.74) is 6.07. The molecule has 0 bridgehead atoms. The Labute approximate surface area is 111 Å². The van der Waals surface area contributed by atoms with Crippen LogP contribution in [0, 0.1) is 0 Å². The van der Waals surface area contributed by atoms with Crippen LogP contribution in [0.2, 0.25) is 5.02 Å². The molecule has 7 heteroatoms. The molecule has 0 aliphatic heterocycles. The molecule has 1 aromatic carbocycles. The van der Waals surface area contributed by atoms with E-state index < -0.39 is 6.36 Å². The van der Waals surface area contributed by atoms with Crippen molar-refractivity contribution in [3.63, 3.8) is 0 Å². The van der Waals surface area contributed by atoms with Gasteiger partial charge in [0.15, 0.2) is 0 Å². The summed E-state index contributed by atoms with van der Waals surface area (Å²) in [4.78, 5) is 3.80. The highest BCUT2D eigenvalue weighted by molar-refractivity contribution is 6.33. The number of aromatic nitrogens is 1. The van der Waals surface area contributed by atoms with Crippen LogP contribution < -0.4 is 10.5 Å². The van der Waals surface area contributed by atoms with Crippen molar-refractivity contribution in [2.24, 2.45) is 0 Å². The van der Waals surface area contributed by atoms with Gasteiger partial charge in [-0.15, -0.1) is 13.2 Å². The van der Waals surface area contributed by atoms with E-state index in [0.29, 0.717) is 5.56 Å². The SMILES string of the molecule is Nc1ncc(-c2ccccc2OC(F)(F)F)cc1Cl. The number of nitrogens with zero attached hydrogens (tertiary/aromatic N) is 1. The first-order valence-corrected chi connectivity index (χ1v) is 5.51. The topological polar surface area (TPSA) is 48.1 Å². The number of benzene rings is 1. The normalized spacial score (nSPS) is 11.4. The number of nitrogens with two attached hydrogens (primary N) is 1. The van der Waals surface area contributed by atoms with Crippen molar-refractivity contribution < 1.29 is 17.9 Å². The zero-order valence-electron chi connectivity index (χ0n) is 9.41. The number of pyridine rings is 1. The Bertz CT molecular complexity index is 602. The minimum absolute atomic E-state index is 0.111. The van der Waals surface area contributed by atoms with Crippen molar-refractivity contribution in [1.29, 1.82) is 0 Å². The highest BCUT2D eigenvalue weighted by atomic mass is 35.5. The molecule has 100 valence electrons. The van der Waals surface area contributed by atoms with Crippen molar-refractivity contribution >= 4 is 17.4 Å². The van der Waals surface area contributed by atoms with Gasteiger partial charge in [0.25, 0.3) is 0 Å². The molecule has 0 fully saturated rings. The summed E-state index contributed by atoms with van der Waals surface area (Å²) in [5.74, 6) is -0.211. The van der Waals surface area contributed by atoms with Gasteiger partial charge >= 0.3 is 6.36 Å². The Morgan fingerprint density at radius 1 is 1.21 bits per heavy atom. The van der Waals surface area contributed by atoms with Crippen LogP contribution in [0.5, 0.6) is 5.75 Å². The summed E-state index contributed by atoms with van der Waals surface area (Å²) in [5, 5.41) is 0.166. The zero-order valence-corrected chi connectivity index (χ0v) is 10.2. The average Bonchev–Trinajstić information content (AvgIpc) is 2.31. The summed E-state index contributed by atoms with van der Waals surface area (Å²) in [6, 6.07) is 7.15. The highest BCUT2D eigenvalue weighted by Gasteiger charge is 2.32. The van der Waals surface area contributed by atoms with Crippen molar-refractivity contribution in [1.82, 2.24) is 4.98 Å². The zero-order chi connectivity index (χ0) is 14.0. The molecule has 0 saturated heterocycles. The predicted molar refractivity (Wildman–Crippen MR) is 65.8 cm³/mol. The summed E-state index contributed by atoms with van der Waals surface area (Å²) in [6.45, 7) is 0. The van der Waals surface area contributed by atoms with Gasteiger partial charge in [0.05, 0.1) is 5.02 Å². The summed E-state index contributed by atoms with van der Waals surface area (Å²) in [6.07, 6.45) is -3.43. The minimum atomic E-state index is -4.76. The molecular formula is C12H8ClF3N2O. The van der Waals surface area contributed by atoms with E-state index in [4.69, 9.17) is 17.3 Å². The molecule has 19 heavy (non-hydrogen) atoms. The monoisotopic (exact) mass is 288 g/mol. The van der Waals surface area contributed by atoms with Crippen molar-refractivity contribution in [2.75, 3.05) is 5.73 Å². The van der Waals surface area contributed by atoms with Crippen LogP contribution in [-0.2, 0) is 0 Å². The number of ether oxygens (including phenoxy) is 1. The van der Waals surface area contributed by atoms with Gasteiger partial charge in [0.2, 0.25) is 0 Å². The lowest BCUT2D eigenvalue weighted by atomic mass is 10.1. The number of alkyl halides is 3. The average molecular weight is 289 g/mol. The molecule has 0 aliphatic carbocycles. The maximum absolute atomic E-state index is 12.3. The van der Waals surface area contributed by atoms with Crippen LogP contribution in [0.15, 0.2) is 36.5 Å². The Balaban J connectivity index is 2.47. The number of hydrogen-bond acceptors (Lipinski definition) is 3. The molecule has 0 saturated carbocycles. The number of anilines is 1. The van der Waals surface area contributed by atoms with Gasteiger partial charge in [0.1, 0.15) is 11.6 Å². The molecule has 0 aliphatic rings. The molecule has 0 atom stereocenters. The molecule has 0 spiro atoms. The van der Waals surface area contributed by atoms with Crippen LogP contribution in [-0.4, -0.2) is 11.3 Å². The van der Waals surface area contributed by atoms with E-state index in [1.165, 1.54) is 30.5 Å². The second-order valence-corrected chi connectivity index (χ2v) is 4.04. The number of rotatable bonds is 2. The summed E-state index contributed by atoms with van der Waals surface area (Å²) in [7, 11) is 0. The number of hydrogen-bond donors (Lipinski definition) is 1. The van der Waals surface area contributed by atoms with Gasteiger partial charge in [-0.25, -0.2) is 4.98 Å². The van der Waals surface area contributed by atoms with Crippen LogP contribution in [0.25, 0.3) is 11.1 Å². The number of halogens is 4. The third-order valence-corrected chi connectivity index (χ3v) is 2.60. The van der Waals surface area contributed by atoms with E-state index in [0.717, 1.165) is 0 Å². The van der Waals surface area contributed by atoms with Gasteiger partial charge in [-0.05, 0) is 12.1 Å². The fourth-order valence-electron chi connectivity index (χ4n) is 1.51. The largest absolute Gasteiger partial charge is 0.573 e. The third-order valence-electron chi connectivity index (χ3n) is 2.29. The molecule has 0 unspecified atom stereocenters. The Hall–Kier alpha value is -1.95. The fraction of sp³-hybridized carbons (Fsp3) is 0.0833. The molecule has 1 aromatic heterocycles. The van der Waals surface area contributed by atoms with E-state index in [1.54, 1.807) is 6.07 Å². The van der Waals surface area contributed by atoms with E-state index >= 15 is 0 Å². The smallest absolute Gasteiger partial charge is 0.405 e. The first-order chi connectivity index (χ1) is 8.87. The third kappa shape index (κ3) is 3.29. The van der Waals surface area contributed by atoms with E-state index in [9.17, 15) is 13.2 Å². The van der Waals surface area contributed by atoms with Crippen molar-refractivity contribution in [2.45, 2.75) is 6.36 Å². The van der Waals surface area contributed by atoms with Gasteiger partial charge < -0.3 is 10.5 Å². The lowest BCUT2D eigenvalue weighted by molar-refractivity contribution is -0.274.